The smallest absolute Gasteiger partial charge is 0.273 e. The molecular weight excluding hydrogens is 309 g/mol. The molecule has 0 aliphatic heterocycles. The quantitative estimate of drug-likeness (QED) is 0.781. The van der Waals surface area contributed by atoms with Crippen LogP contribution in [-0.2, 0) is 6.54 Å². The number of carbonyl (C=O) groups is 1. The van der Waals surface area contributed by atoms with E-state index in [1.807, 2.05) is 12.1 Å². The number of amides is 1. The van der Waals surface area contributed by atoms with Gasteiger partial charge in [0.25, 0.3) is 5.91 Å². The van der Waals surface area contributed by atoms with Gasteiger partial charge >= 0.3 is 0 Å². The van der Waals surface area contributed by atoms with Gasteiger partial charge in [0.05, 0.1) is 24.5 Å². The van der Waals surface area contributed by atoms with Crippen LogP contribution < -0.4 is 5.32 Å². The van der Waals surface area contributed by atoms with E-state index in [1.165, 1.54) is 16.9 Å². The van der Waals surface area contributed by atoms with Crippen molar-refractivity contribution >= 4 is 5.91 Å². The minimum atomic E-state index is -0.365. The highest BCUT2D eigenvalue weighted by Gasteiger charge is 2.17. The zero-order valence-electron chi connectivity index (χ0n) is 13.1. The molecule has 1 N–H and O–H groups in total. The number of nitrogens with zero attached hydrogens (tertiary/aromatic N) is 4. The van der Waals surface area contributed by atoms with Crippen LogP contribution in [0.15, 0.2) is 54.9 Å². The van der Waals surface area contributed by atoms with Crippen molar-refractivity contribution in [1.82, 2.24) is 25.3 Å². The molecule has 0 spiro atoms. The van der Waals surface area contributed by atoms with E-state index in [4.69, 9.17) is 0 Å². The lowest BCUT2D eigenvalue weighted by atomic mass is 10.1. The van der Waals surface area contributed by atoms with Gasteiger partial charge in [-0.05, 0) is 25.1 Å². The van der Waals surface area contributed by atoms with E-state index in [1.54, 1.807) is 37.4 Å². The summed E-state index contributed by atoms with van der Waals surface area (Å²) in [6, 6.07) is 11.6. The first-order chi connectivity index (χ1) is 11.6. The van der Waals surface area contributed by atoms with Gasteiger partial charge in [-0.3, -0.25) is 9.78 Å². The highest BCUT2D eigenvalue weighted by molar-refractivity contribution is 5.91. The van der Waals surface area contributed by atoms with Crippen LogP contribution in [0.25, 0.3) is 0 Å². The lowest BCUT2D eigenvalue weighted by Gasteiger charge is -2.12. The number of carbonyl (C=O) groups excluding carboxylic acids is 1. The monoisotopic (exact) mass is 325 g/mol. The number of halogens is 1. The maximum atomic E-state index is 13.9. The first-order valence-electron chi connectivity index (χ1n) is 7.49. The molecule has 0 saturated carbocycles. The van der Waals surface area contributed by atoms with Crippen molar-refractivity contribution in [2.75, 3.05) is 0 Å². The minimum Gasteiger partial charge on any atom is -0.345 e. The first kappa shape index (κ1) is 15.8. The van der Waals surface area contributed by atoms with E-state index < -0.39 is 0 Å². The molecular formula is C17H16FN5O. The van der Waals surface area contributed by atoms with E-state index >= 15 is 0 Å². The molecule has 0 saturated heterocycles. The molecule has 2 heterocycles. The maximum Gasteiger partial charge on any atom is 0.273 e. The van der Waals surface area contributed by atoms with Crippen molar-refractivity contribution in [2.45, 2.75) is 19.5 Å². The Morgan fingerprint density at radius 3 is 2.79 bits per heavy atom. The Kier molecular flexibility index (Phi) is 4.60. The first-order valence-corrected chi connectivity index (χ1v) is 7.49. The third-order valence-corrected chi connectivity index (χ3v) is 3.65. The average molecular weight is 325 g/mol. The SMILES string of the molecule is C[C@H](c1ccccc1F)n1cc(C(=O)NCc2ccccn2)nn1. The van der Waals surface area contributed by atoms with Gasteiger partial charge in [0.1, 0.15) is 5.82 Å². The van der Waals surface area contributed by atoms with Gasteiger partial charge in [0, 0.05) is 11.8 Å². The Balaban J connectivity index is 1.69. The van der Waals surface area contributed by atoms with Crippen LogP contribution in [0.1, 0.15) is 34.7 Å². The number of hydrogen-bond acceptors (Lipinski definition) is 4. The van der Waals surface area contributed by atoms with Crippen LogP contribution in [0.4, 0.5) is 4.39 Å². The molecule has 3 aromatic rings. The second kappa shape index (κ2) is 6.99. The van der Waals surface area contributed by atoms with Crippen LogP contribution in [0.3, 0.4) is 0 Å². The highest BCUT2D eigenvalue weighted by atomic mass is 19.1. The van der Waals surface area contributed by atoms with Crippen LogP contribution in [0, 0.1) is 5.82 Å². The van der Waals surface area contributed by atoms with Gasteiger partial charge in [-0.25, -0.2) is 9.07 Å². The molecule has 0 aliphatic carbocycles. The van der Waals surface area contributed by atoms with Crippen LogP contribution >= 0.6 is 0 Å². The summed E-state index contributed by atoms with van der Waals surface area (Å²) in [5.41, 5.74) is 1.41. The third kappa shape index (κ3) is 3.45. The molecule has 0 unspecified atom stereocenters. The highest BCUT2D eigenvalue weighted by Crippen LogP contribution is 2.19. The van der Waals surface area contributed by atoms with Crippen molar-refractivity contribution in [1.29, 1.82) is 0 Å². The number of benzene rings is 1. The van der Waals surface area contributed by atoms with E-state index in [-0.39, 0.29) is 23.5 Å². The van der Waals surface area contributed by atoms with E-state index in [0.717, 1.165) is 5.69 Å². The van der Waals surface area contributed by atoms with Crippen molar-refractivity contribution in [3.8, 4) is 0 Å². The van der Waals surface area contributed by atoms with Gasteiger partial charge in [-0.15, -0.1) is 5.10 Å². The molecule has 0 fully saturated rings. The fraction of sp³-hybridized carbons (Fsp3) is 0.176. The summed E-state index contributed by atoms with van der Waals surface area (Å²) in [5, 5.41) is 10.5. The minimum absolute atomic E-state index is 0.175. The summed E-state index contributed by atoms with van der Waals surface area (Å²) >= 11 is 0. The molecule has 2 aromatic heterocycles. The summed E-state index contributed by atoms with van der Waals surface area (Å²) in [7, 11) is 0. The van der Waals surface area contributed by atoms with Crippen molar-refractivity contribution in [3.63, 3.8) is 0 Å². The standard InChI is InChI=1S/C17H16FN5O/c1-12(14-7-2-3-8-15(14)18)23-11-16(21-22-23)17(24)20-10-13-6-4-5-9-19-13/h2-9,11-12H,10H2,1H3,(H,20,24)/t12-/m1/s1. The molecule has 1 atom stereocenters. The molecule has 24 heavy (non-hydrogen) atoms. The summed E-state index contributed by atoms with van der Waals surface area (Å²) in [6.45, 7) is 2.10. The van der Waals surface area contributed by atoms with Gasteiger partial charge in [-0.2, -0.15) is 0 Å². The molecule has 1 amide bonds. The number of hydrogen-bond donors (Lipinski definition) is 1. The van der Waals surface area contributed by atoms with Crippen LogP contribution in [0.2, 0.25) is 0 Å². The molecule has 122 valence electrons. The maximum absolute atomic E-state index is 13.9. The Bertz CT molecular complexity index is 834. The summed E-state index contributed by atoms with van der Waals surface area (Å²) in [5.74, 6) is -0.672. The number of aromatic nitrogens is 4. The fourth-order valence-corrected chi connectivity index (χ4v) is 2.29. The summed E-state index contributed by atoms with van der Waals surface area (Å²) in [4.78, 5) is 16.3. The van der Waals surface area contributed by atoms with E-state index in [2.05, 4.69) is 20.6 Å². The predicted molar refractivity (Wildman–Crippen MR) is 85.6 cm³/mol. The molecule has 0 bridgehead atoms. The van der Waals surface area contributed by atoms with Gasteiger partial charge in [0.15, 0.2) is 5.69 Å². The summed E-state index contributed by atoms with van der Waals surface area (Å²) in [6.07, 6.45) is 3.17. The van der Waals surface area contributed by atoms with Crippen LogP contribution in [0.5, 0.6) is 0 Å². The van der Waals surface area contributed by atoms with Crippen molar-refractivity contribution in [2.24, 2.45) is 0 Å². The van der Waals surface area contributed by atoms with Crippen molar-refractivity contribution in [3.05, 3.63) is 77.6 Å². The Hall–Kier alpha value is -3.09. The lowest BCUT2D eigenvalue weighted by molar-refractivity contribution is 0.0945. The molecule has 1 aromatic carbocycles. The second-order valence-corrected chi connectivity index (χ2v) is 5.29. The van der Waals surface area contributed by atoms with Gasteiger partial charge in [0.2, 0.25) is 0 Å². The zero-order valence-corrected chi connectivity index (χ0v) is 13.1. The molecule has 7 heteroatoms. The Labute approximate surface area is 138 Å². The Morgan fingerprint density at radius 2 is 2.04 bits per heavy atom. The van der Waals surface area contributed by atoms with Gasteiger partial charge < -0.3 is 5.32 Å². The van der Waals surface area contributed by atoms with E-state index in [9.17, 15) is 9.18 Å². The lowest BCUT2D eigenvalue weighted by Crippen LogP contribution is -2.23. The molecule has 0 aliphatic rings. The molecule has 0 radical (unpaired) electrons. The summed E-state index contributed by atoms with van der Waals surface area (Å²) < 4.78 is 15.3. The average Bonchev–Trinajstić information content (AvgIpc) is 3.10. The van der Waals surface area contributed by atoms with Crippen LogP contribution in [-0.4, -0.2) is 25.9 Å². The third-order valence-electron chi connectivity index (χ3n) is 3.65. The largest absolute Gasteiger partial charge is 0.345 e. The van der Waals surface area contributed by atoms with E-state index in [0.29, 0.717) is 12.1 Å². The topological polar surface area (TPSA) is 72.7 Å². The van der Waals surface area contributed by atoms with Crippen molar-refractivity contribution < 1.29 is 9.18 Å². The zero-order chi connectivity index (χ0) is 16.9. The molecule has 6 nitrogen and oxygen atoms in total. The number of rotatable bonds is 5. The predicted octanol–water partition coefficient (Wildman–Crippen LogP) is 2.35. The number of nitrogens with one attached hydrogen (secondary N) is 1. The molecule has 3 rings (SSSR count). The second-order valence-electron chi connectivity index (χ2n) is 5.29. The number of pyridine rings is 1. The van der Waals surface area contributed by atoms with Gasteiger partial charge in [-0.1, -0.05) is 29.5 Å². The fourth-order valence-electron chi connectivity index (χ4n) is 2.29. The Morgan fingerprint density at radius 1 is 1.25 bits per heavy atom. The normalized spacial score (nSPS) is 11.9.